The minimum absolute atomic E-state index is 0.137. The lowest BCUT2D eigenvalue weighted by molar-refractivity contribution is -0.121. The van der Waals surface area contributed by atoms with Crippen LogP contribution >= 0.6 is 43.2 Å². The van der Waals surface area contributed by atoms with Crippen LogP contribution in [0.4, 0.5) is 0 Å². The molecule has 5 heteroatoms. The van der Waals surface area contributed by atoms with Gasteiger partial charge in [0.15, 0.2) is 0 Å². The number of hydrogen-bond acceptors (Lipinski definition) is 2. The zero-order valence-electron chi connectivity index (χ0n) is 8.26. The molecule has 0 aliphatic rings. The van der Waals surface area contributed by atoms with Crippen molar-refractivity contribution in [2.75, 3.05) is 5.33 Å². The third kappa shape index (κ3) is 5.68. The molecule has 0 unspecified atom stereocenters. The van der Waals surface area contributed by atoms with Gasteiger partial charge in [-0.05, 0) is 45.8 Å². The summed E-state index contributed by atoms with van der Waals surface area (Å²) in [6, 6.07) is 2.03. The Hall–Kier alpha value is 0.130. The molecular weight excluding hydrogens is 342 g/mol. The molecule has 15 heavy (non-hydrogen) atoms. The number of amides is 1. The molecule has 0 atom stereocenters. The van der Waals surface area contributed by atoms with Crippen molar-refractivity contribution in [2.24, 2.45) is 0 Å². The van der Waals surface area contributed by atoms with Crippen molar-refractivity contribution in [3.63, 3.8) is 0 Å². The normalized spacial score (nSPS) is 10.3. The van der Waals surface area contributed by atoms with Crippen LogP contribution in [0.3, 0.4) is 0 Å². The molecule has 1 heterocycles. The second kappa shape index (κ2) is 7.41. The van der Waals surface area contributed by atoms with Crippen molar-refractivity contribution in [1.82, 2.24) is 5.32 Å². The van der Waals surface area contributed by atoms with E-state index < -0.39 is 0 Å². The minimum atomic E-state index is 0.137. The highest BCUT2D eigenvalue weighted by Gasteiger charge is 2.02. The van der Waals surface area contributed by atoms with Crippen LogP contribution in [0, 0.1) is 0 Å². The van der Waals surface area contributed by atoms with Crippen LogP contribution in [-0.2, 0) is 11.3 Å². The standard InChI is InChI=1S/C10H13Br2NOS/c11-4-2-1-3-10(14)13-6-8-5-9(12)15-7-8/h5,7H,1-4,6H2,(H,13,14). The molecule has 1 N–H and O–H groups in total. The Morgan fingerprint density at radius 3 is 2.87 bits per heavy atom. The molecule has 0 aliphatic carbocycles. The molecule has 0 radical (unpaired) electrons. The first kappa shape index (κ1) is 13.2. The van der Waals surface area contributed by atoms with Gasteiger partial charge in [-0.2, -0.15) is 0 Å². The van der Waals surface area contributed by atoms with E-state index in [0.717, 1.165) is 27.5 Å². The van der Waals surface area contributed by atoms with Gasteiger partial charge in [0, 0.05) is 18.3 Å². The molecule has 0 saturated carbocycles. The summed E-state index contributed by atoms with van der Waals surface area (Å²) in [4.78, 5) is 11.4. The predicted octanol–water partition coefficient (Wildman–Crippen LogP) is 3.69. The van der Waals surface area contributed by atoms with E-state index in [2.05, 4.69) is 37.2 Å². The van der Waals surface area contributed by atoms with Gasteiger partial charge in [0.05, 0.1) is 3.79 Å². The van der Waals surface area contributed by atoms with Gasteiger partial charge in [-0.25, -0.2) is 0 Å². The number of alkyl halides is 1. The molecule has 0 aliphatic heterocycles. The van der Waals surface area contributed by atoms with Crippen molar-refractivity contribution in [2.45, 2.75) is 25.8 Å². The minimum Gasteiger partial charge on any atom is -0.352 e. The Kier molecular flexibility index (Phi) is 6.52. The van der Waals surface area contributed by atoms with Gasteiger partial charge in [-0.1, -0.05) is 15.9 Å². The van der Waals surface area contributed by atoms with Crippen LogP contribution in [0.5, 0.6) is 0 Å². The van der Waals surface area contributed by atoms with E-state index in [4.69, 9.17) is 0 Å². The zero-order valence-corrected chi connectivity index (χ0v) is 12.3. The molecule has 1 aromatic rings. The molecule has 0 bridgehead atoms. The van der Waals surface area contributed by atoms with Crippen molar-refractivity contribution in [3.05, 3.63) is 20.8 Å². The number of hydrogen-bond donors (Lipinski definition) is 1. The topological polar surface area (TPSA) is 29.1 Å². The number of carbonyl (C=O) groups is 1. The molecule has 84 valence electrons. The summed E-state index contributed by atoms with van der Waals surface area (Å²) in [6.45, 7) is 0.634. The molecule has 1 rings (SSSR count). The highest BCUT2D eigenvalue weighted by molar-refractivity contribution is 9.11. The lowest BCUT2D eigenvalue weighted by Crippen LogP contribution is -2.21. The molecule has 1 aromatic heterocycles. The summed E-state index contributed by atoms with van der Waals surface area (Å²) < 4.78 is 1.10. The lowest BCUT2D eigenvalue weighted by atomic mass is 10.2. The SMILES string of the molecule is O=C(CCCCBr)NCc1csc(Br)c1. The fraction of sp³-hybridized carbons (Fsp3) is 0.500. The number of halogens is 2. The number of rotatable bonds is 6. The summed E-state index contributed by atoms with van der Waals surface area (Å²) in [5.74, 6) is 0.137. The first-order valence-electron chi connectivity index (χ1n) is 4.78. The molecule has 0 spiro atoms. The zero-order chi connectivity index (χ0) is 11.1. The van der Waals surface area contributed by atoms with Crippen LogP contribution in [-0.4, -0.2) is 11.2 Å². The molecule has 1 amide bonds. The molecule has 2 nitrogen and oxygen atoms in total. The first-order chi connectivity index (χ1) is 7.22. The third-order valence-electron chi connectivity index (χ3n) is 1.90. The number of thiophene rings is 1. The summed E-state index contributed by atoms with van der Waals surface area (Å²) >= 11 is 8.37. The van der Waals surface area contributed by atoms with Gasteiger partial charge in [0.25, 0.3) is 0 Å². The van der Waals surface area contributed by atoms with Crippen molar-refractivity contribution in [3.8, 4) is 0 Å². The van der Waals surface area contributed by atoms with E-state index in [9.17, 15) is 4.79 Å². The van der Waals surface area contributed by atoms with Gasteiger partial charge >= 0.3 is 0 Å². The van der Waals surface area contributed by atoms with E-state index in [1.54, 1.807) is 11.3 Å². The maximum Gasteiger partial charge on any atom is 0.220 e. The van der Waals surface area contributed by atoms with E-state index in [1.165, 1.54) is 0 Å². The van der Waals surface area contributed by atoms with Crippen LogP contribution in [0.1, 0.15) is 24.8 Å². The molecular formula is C10H13Br2NOS. The summed E-state index contributed by atoms with van der Waals surface area (Å²) in [7, 11) is 0. The van der Waals surface area contributed by atoms with Crippen molar-refractivity contribution in [1.29, 1.82) is 0 Å². The average Bonchev–Trinajstić information content (AvgIpc) is 2.62. The predicted molar refractivity (Wildman–Crippen MR) is 71.5 cm³/mol. The van der Waals surface area contributed by atoms with Crippen LogP contribution in [0.2, 0.25) is 0 Å². The number of carbonyl (C=O) groups excluding carboxylic acids is 1. The van der Waals surface area contributed by atoms with E-state index in [0.29, 0.717) is 13.0 Å². The highest BCUT2D eigenvalue weighted by atomic mass is 79.9. The largest absolute Gasteiger partial charge is 0.352 e. The first-order valence-corrected chi connectivity index (χ1v) is 7.57. The Morgan fingerprint density at radius 2 is 2.27 bits per heavy atom. The maximum absolute atomic E-state index is 11.4. The molecule has 0 fully saturated rings. The average molecular weight is 355 g/mol. The van der Waals surface area contributed by atoms with E-state index in [-0.39, 0.29) is 5.91 Å². The fourth-order valence-electron chi connectivity index (χ4n) is 1.11. The van der Waals surface area contributed by atoms with E-state index >= 15 is 0 Å². The smallest absolute Gasteiger partial charge is 0.220 e. The van der Waals surface area contributed by atoms with Crippen LogP contribution in [0.15, 0.2) is 15.2 Å². The highest BCUT2D eigenvalue weighted by Crippen LogP contribution is 2.20. The summed E-state index contributed by atoms with van der Waals surface area (Å²) in [5, 5.41) is 5.92. The Balaban J connectivity index is 2.16. The van der Waals surface area contributed by atoms with Gasteiger partial charge in [0.1, 0.15) is 0 Å². The second-order valence-electron chi connectivity index (χ2n) is 3.18. The summed E-state index contributed by atoms with van der Waals surface area (Å²) in [6.07, 6.45) is 2.62. The molecule has 0 saturated heterocycles. The monoisotopic (exact) mass is 353 g/mol. The number of unbranched alkanes of at least 4 members (excludes halogenated alkanes) is 1. The quantitative estimate of drug-likeness (QED) is 0.612. The van der Waals surface area contributed by atoms with Crippen molar-refractivity contribution >= 4 is 49.1 Å². The molecule has 0 aromatic carbocycles. The Labute approximate surface area is 111 Å². The Morgan fingerprint density at radius 1 is 1.47 bits per heavy atom. The van der Waals surface area contributed by atoms with Crippen LogP contribution < -0.4 is 5.32 Å². The van der Waals surface area contributed by atoms with Gasteiger partial charge < -0.3 is 5.32 Å². The third-order valence-corrected chi connectivity index (χ3v) is 4.01. The van der Waals surface area contributed by atoms with Crippen molar-refractivity contribution < 1.29 is 4.79 Å². The van der Waals surface area contributed by atoms with Gasteiger partial charge in [-0.15, -0.1) is 11.3 Å². The second-order valence-corrected chi connectivity index (χ2v) is 6.27. The van der Waals surface area contributed by atoms with Gasteiger partial charge in [-0.3, -0.25) is 4.79 Å². The number of nitrogens with one attached hydrogen (secondary N) is 1. The van der Waals surface area contributed by atoms with Crippen LogP contribution in [0.25, 0.3) is 0 Å². The fourth-order valence-corrected chi connectivity index (χ4v) is 2.71. The lowest BCUT2D eigenvalue weighted by Gasteiger charge is -2.02. The summed E-state index contributed by atoms with van der Waals surface area (Å²) in [5.41, 5.74) is 1.15. The maximum atomic E-state index is 11.4. The van der Waals surface area contributed by atoms with Gasteiger partial charge in [0.2, 0.25) is 5.91 Å². The Bertz CT molecular complexity index is 314. The van der Waals surface area contributed by atoms with E-state index in [1.807, 2.05) is 11.4 Å².